The van der Waals surface area contributed by atoms with E-state index in [-0.39, 0.29) is 11.8 Å². The van der Waals surface area contributed by atoms with Crippen LogP contribution in [-0.2, 0) is 24.1 Å². The highest BCUT2D eigenvalue weighted by Crippen LogP contribution is 2.34. The highest BCUT2D eigenvalue weighted by molar-refractivity contribution is 6.32. The first-order valence-electron chi connectivity index (χ1n) is 9.35. The van der Waals surface area contributed by atoms with Crippen molar-refractivity contribution in [1.29, 1.82) is 0 Å². The molecule has 2 aromatic heterocycles. The molecule has 0 bridgehead atoms. The average molecular weight is 425 g/mol. The van der Waals surface area contributed by atoms with Crippen molar-refractivity contribution in [3.05, 3.63) is 51.6 Å². The molecule has 0 N–H and O–H groups in total. The minimum atomic E-state index is -4.44. The summed E-state index contributed by atoms with van der Waals surface area (Å²) in [5.74, 6) is -0.269. The fraction of sp³-hybridized carbons (Fsp3) is 0.450. The fourth-order valence-corrected chi connectivity index (χ4v) is 4.23. The van der Waals surface area contributed by atoms with Gasteiger partial charge in [-0.05, 0) is 37.5 Å². The van der Waals surface area contributed by atoms with Gasteiger partial charge in [-0.2, -0.15) is 13.2 Å². The molecule has 2 aromatic rings. The quantitative estimate of drug-likeness (QED) is 0.727. The van der Waals surface area contributed by atoms with E-state index < -0.39 is 11.7 Å². The van der Waals surface area contributed by atoms with Crippen molar-refractivity contribution in [1.82, 2.24) is 14.9 Å². The molecular formula is C20H20ClF3N4O. The van der Waals surface area contributed by atoms with Crippen molar-refractivity contribution in [2.45, 2.75) is 39.5 Å². The first-order chi connectivity index (χ1) is 13.6. The Bertz CT molecular complexity index is 979. The van der Waals surface area contributed by atoms with Gasteiger partial charge < -0.3 is 9.80 Å². The summed E-state index contributed by atoms with van der Waals surface area (Å²) in [6.07, 6.45) is -1.63. The number of halogens is 4. The smallest absolute Gasteiger partial charge is 0.369 e. The number of hydrogen-bond donors (Lipinski definition) is 0. The first kappa shape index (κ1) is 19.9. The molecule has 0 spiro atoms. The van der Waals surface area contributed by atoms with Gasteiger partial charge >= 0.3 is 6.18 Å². The maximum absolute atomic E-state index is 13.0. The lowest BCUT2D eigenvalue weighted by Gasteiger charge is -2.22. The molecule has 5 nitrogen and oxygen atoms in total. The summed E-state index contributed by atoms with van der Waals surface area (Å²) in [6, 6.07) is 1.09. The van der Waals surface area contributed by atoms with Crippen molar-refractivity contribution >= 4 is 23.2 Å². The standard InChI is InChI=1S/C20H20ClF3N4O/c1-11-16-9-28(10-17(16)26-12(2)18(11)21)19(29)13-3-4-27(8-13)15-5-14(6-25-7-15)20(22,23)24/h5-7,13H,3-4,8-10H2,1-2H3. The molecule has 1 fully saturated rings. The van der Waals surface area contributed by atoms with E-state index in [0.717, 1.165) is 34.8 Å². The number of rotatable bonds is 2. The Labute approximate surface area is 171 Å². The van der Waals surface area contributed by atoms with E-state index in [4.69, 9.17) is 11.6 Å². The second kappa shape index (κ2) is 7.16. The molecule has 4 heterocycles. The third kappa shape index (κ3) is 3.66. The molecule has 0 aromatic carbocycles. The Kier molecular flexibility index (Phi) is 4.93. The normalized spacial score (nSPS) is 19.0. The largest absolute Gasteiger partial charge is 0.417 e. The number of carbonyl (C=O) groups is 1. The molecule has 9 heteroatoms. The Hall–Kier alpha value is -2.35. The van der Waals surface area contributed by atoms with Crippen LogP contribution in [0.2, 0.25) is 5.02 Å². The Morgan fingerprint density at radius 3 is 2.72 bits per heavy atom. The Morgan fingerprint density at radius 2 is 2.00 bits per heavy atom. The number of hydrogen-bond acceptors (Lipinski definition) is 4. The summed E-state index contributed by atoms with van der Waals surface area (Å²) in [6.45, 7) is 5.58. The van der Waals surface area contributed by atoms with Crippen LogP contribution in [0.3, 0.4) is 0 Å². The molecule has 0 saturated carbocycles. The van der Waals surface area contributed by atoms with Gasteiger partial charge in [-0.3, -0.25) is 14.8 Å². The van der Waals surface area contributed by atoms with Gasteiger partial charge in [0.1, 0.15) is 0 Å². The minimum Gasteiger partial charge on any atom is -0.369 e. The Morgan fingerprint density at radius 1 is 1.24 bits per heavy atom. The highest BCUT2D eigenvalue weighted by atomic mass is 35.5. The maximum atomic E-state index is 13.0. The van der Waals surface area contributed by atoms with Crippen LogP contribution in [0.4, 0.5) is 18.9 Å². The van der Waals surface area contributed by atoms with Crippen molar-refractivity contribution in [3.63, 3.8) is 0 Å². The summed E-state index contributed by atoms with van der Waals surface area (Å²) in [5.41, 5.74) is 3.17. The fourth-order valence-electron chi connectivity index (χ4n) is 4.07. The topological polar surface area (TPSA) is 49.3 Å². The maximum Gasteiger partial charge on any atom is 0.417 e. The molecule has 1 unspecified atom stereocenters. The molecule has 1 atom stereocenters. The lowest BCUT2D eigenvalue weighted by molar-refractivity contribution is -0.138. The number of nitrogens with zero attached hydrogens (tertiary/aromatic N) is 4. The summed E-state index contributed by atoms with van der Waals surface area (Å²) in [4.78, 5) is 24.8. The molecule has 154 valence electrons. The number of alkyl halides is 3. The van der Waals surface area contributed by atoms with Crippen LogP contribution < -0.4 is 4.90 Å². The SMILES string of the molecule is Cc1nc2c(c(C)c1Cl)CN(C(=O)C1CCN(c3cncc(C(F)(F)F)c3)C1)C2. The highest BCUT2D eigenvalue weighted by Gasteiger charge is 2.36. The van der Waals surface area contributed by atoms with Gasteiger partial charge in [0.2, 0.25) is 5.91 Å². The van der Waals surface area contributed by atoms with Crippen LogP contribution in [-0.4, -0.2) is 33.9 Å². The number of fused-ring (bicyclic) bond motifs is 1. The molecule has 0 radical (unpaired) electrons. The van der Waals surface area contributed by atoms with Gasteiger partial charge in [-0.15, -0.1) is 0 Å². The number of anilines is 1. The predicted molar refractivity (Wildman–Crippen MR) is 103 cm³/mol. The van der Waals surface area contributed by atoms with E-state index in [9.17, 15) is 18.0 Å². The number of amides is 1. The van der Waals surface area contributed by atoms with Crippen LogP contribution in [0.5, 0.6) is 0 Å². The van der Waals surface area contributed by atoms with Gasteiger partial charge in [0.05, 0.1) is 46.3 Å². The monoisotopic (exact) mass is 424 g/mol. The van der Waals surface area contributed by atoms with Crippen LogP contribution in [0.15, 0.2) is 18.5 Å². The number of carbonyl (C=O) groups excluding carboxylic acids is 1. The van der Waals surface area contributed by atoms with E-state index >= 15 is 0 Å². The molecule has 1 amide bonds. The zero-order valence-electron chi connectivity index (χ0n) is 16.1. The molecule has 2 aliphatic rings. The Balaban J connectivity index is 1.46. The van der Waals surface area contributed by atoms with E-state index in [1.807, 2.05) is 13.8 Å². The van der Waals surface area contributed by atoms with Crippen molar-refractivity contribution in [2.24, 2.45) is 5.92 Å². The number of aryl methyl sites for hydroxylation is 1. The van der Waals surface area contributed by atoms with Gasteiger partial charge in [0.15, 0.2) is 0 Å². The van der Waals surface area contributed by atoms with Crippen molar-refractivity contribution in [2.75, 3.05) is 18.0 Å². The molecule has 29 heavy (non-hydrogen) atoms. The van der Waals surface area contributed by atoms with E-state index in [1.54, 1.807) is 9.80 Å². The third-order valence-corrected chi connectivity index (χ3v) is 6.26. The van der Waals surface area contributed by atoms with E-state index in [1.165, 1.54) is 6.20 Å². The molecule has 4 rings (SSSR count). The number of aromatic nitrogens is 2. The minimum absolute atomic E-state index is 0.00129. The van der Waals surface area contributed by atoms with Crippen molar-refractivity contribution < 1.29 is 18.0 Å². The van der Waals surface area contributed by atoms with Crippen LogP contribution in [0.1, 0.15) is 34.5 Å². The van der Waals surface area contributed by atoms with Gasteiger partial charge in [-0.25, -0.2) is 0 Å². The number of pyridine rings is 2. The summed E-state index contributed by atoms with van der Waals surface area (Å²) >= 11 is 6.29. The molecular weight excluding hydrogens is 405 g/mol. The lowest BCUT2D eigenvalue weighted by Crippen LogP contribution is -2.34. The third-order valence-electron chi connectivity index (χ3n) is 5.71. The molecule has 2 aliphatic heterocycles. The van der Waals surface area contributed by atoms with Crippen molar-refractivity contribution in [3.8, 4) is 0 Å². The summed E-state index contributed by atoms with van der Waals surface area (Å²) < 4.78 is 38.8. The zero-order valence-corrected chi connectivity index (χ0v) is 16.8. The molecule has 0 aliphatic carbocycles. The van der Waals surface area contributed by atoms with Gasteiger partial charge in [0, 0.05) is 25.8 Å². The summed E-state index contributed by atoms with van der Waals surface area (Å²) in [5, 5.41) is 0.627. The second-order valence-corrected chi connectivity index (χ2v) is 7.99. The van der Waals surface area contributed by atoms with Crippen LogP contribution in [0, 0.1) is 19.8 Å². The van der Waals surface area contributed by atoms with E-state index in [2.05, 4.69) is 9.97 Å². The van der Waals surface area contributed by atoms with Gasteiger partial charge in [-0.1, -0.05) is 11.6 Å². The van der Waals surface area contributed by atoms with Crippen LogP contribution in [0.25, 0.3) is 0 Å². The first-order valence-corrected chi connectivity index (χ1v) is 9.73. The van der Waals surface area contributed by atoms with E-state index in [0.29, 0.717) is 43.3 Å². The van der Waals surface area contributed by atoms with Gasteiger partial charge in [0.25, 0.3) is 0 Å². The summed E-state index contributed by atoms with van der Waals surface area (Å²) in [7, 11) is 0. The average Bonchev–Trinajstić information content (AvgIpc) is 3.33. The zero-order chi connectivity index (χ0) is 20.9. The second-order valence-electron chi connectivity index (χ2n) is 7.62. The van der Waals surface area contributed by atoms with Crippen LogP contribution >= 0.6 is 11.6 Å². The lowest BCUT2D eigenvalue weighted by atomic mass is 10.1. The molecule has 1 saturated heterocycles. The predicted octanol–water partition coefficient (Wildman–Crippen LogP) is 4.13.